The summed E-state index contributed by atoms with van der Waals surface area (Å²) in [6.07, 6.45) is 2.78. The Morgan fingerprint density at radius 3 is 2.52 bits per heavy atom. The third-order valence-electron chi connectivity index (χ3n) is 6.83. The van der Waals surface area contributed by atoms with Gasteiger partial charge in [0, 0.05) is 42.6 Å². The van der Waals surface area contributed by atoms with E-state index in [9.17, 15) is 19.8 Å². The molecule has 176 valence electrons. The van der Waals surface area contributed by atoms with Crippen LogP contribution in [0.1, 0.15) is 75.4 Å². The molecular weight excluding hydrogens is 424 g/mol. The first-order valence-corrected chi connectivity index (χ1v) is 11.3. The largest absolute Gasteiger partial charge is 0.508 e. The number of nitrogens with one attached hydrogen (secondary N) is 1. The smallest absolute Gasteiger partial charge is 0.366 e. The number of hydrogen-bond donors (Lipinski definition) is 3. The van der Waals surface area contributed by atoms with Crippen molar-refractivity contribution in [3.8, 4) is 11.5 Å². The lowest BCUT2D eigenvalue weighted by Crippen LogP contribution is -2.29. The number of hydroxylamine groups is 1. The van der Waals surface area contributed by atoms with Gasteiger partial charge in [0.15, 0.2) is 0 Å². The maximum atomic E-state index is 12.6. The van der Waals surface area contributed by atoms with Crippen molar-refractivity contribution in [3.05, 3.63) is 52.1 Å². The van der Waals surface area contributed by atoms with Crippen LogP contribution in [0.25, 0.3) is 0 Å². The number of phenolic OH excluding ortho intramolecular Hbond substituents is 2. The zero-order chi connectivity index (χ0) is 23.7. The highest BCUT2D eigenvalue weighted by Crippen LogP contribution is 2.59. The van der Waals surface area contributed by atoms with Crippen molar-refractivity contribution in [2.24, 2.45) is 0 Å². The molecule has 2 aromatic carbocycles. The number of amides is 1. The van der Waals surface area contributed by atoms with Crippen molar-refractivity contribution in [1.82, 2.24) is 5.48 Å². The Bertz CT molecular complexity index is 1080. The van der Waals surface area contributed by atoms with Crippen LogP contribution in [-0.2, 0) is 9.57 Å². The van der Waals surface area contributed by atoms with E-state index in [0.717, 1.165) is 49.2 Å². The molecule has 2 aliphatic carbocycles. The second-order valence-corrected chi connectivity index (χ2v) is 8.72. The number of carbonyl (C=O) groups is 2. The number of fused-ring (bicyclic) bond motifs is 5. The number of anilines is 1. The molecule has 1 amide bonds. The Kier molecular flexibility index (Phi) is 6.47. The van der Waals surface area contributed by atoms with E-state index >= 15 is 0 Å². The van der Waals surface area contributed by atoms with Crippen LogP contribution >= 0.6 is 0 Å². The van der Waals surface area contributed by atoms with Crippen LogP contribution < -0.4 is 10.4 Å². The van der Waals surface area contributed by atoms with E-state index in [-0.39, 0.29) is 28.9 Å². The van der Waals surface area contributed by atoms with Gasteiger partial charge in [0.1, 0.15) is 17.1 Å². The summed E-state index contributed by atoms with van der Waals surface area (Å²) in [5, 5.41) is 21.1. The molecule has 3 N–H and O–H groups in total. The van der Waals surface area contributed by atoms with E-state index in [0.29, 0.717) is 17.7 Å². The van der Waals surface area contributed by atoms with Crippen LogP contribution in [0.15, 0.2) is 24.3 Å². The quantitative estimate of drug-likeness (QED) is 0.432. The van der Waals surface area contributed by atoms with E-state index in [1.165, 1.54) is 6.07 Å². The predicted molar refractivity (Wildman–Crippen MR) is 123 cm³/mol. The molecule has 0 heterocycles. The molecule has 2 aliphatic rings. The molecule has 0 spiro atoms. The van der Waals surface area contributed by atoms with E-state index in [2.05, 4.69) is 10.4 Å². The molecule has 1 fully saturated rings. The van der Waals surface area contributed by atoms with E-state index < -0.39 is 11.9 Å². The summed E-state index contributed by atoms with van der Waals surface area (Å²) in [6.45, 7) is 5.97. The van der Waals surface area contributed by atoms with Crippen LogP contribution in [-0.4, -0.2) is 48.9 Å². The number of hydrogen-bond acceptors (Lipinski definition) is 7. The molecule has 0 unspecified atom stereocenters. The average molecular weight is 455 g/mol. The minimum absolute atomic E-state index is 0.00587. The van der Waals surface area contributed by atoms with E-state index in [1.807, 2.05) is 26.0 Å². The molecular formula is C25H30N2O6. The highest BCUT2D eigenvalue weighted by atomic mass is 16.7. The van der Waals surface area contributed by atoms with Crippen LogP contribution in [0.3, 0.4) is 0 Å². The molecule has 2 atom stereocenters. The maximum absolute atomic E-state index is 12.6. The minimum atomic E-state index is -0.923. The predicted octanol–water partition coefficient (Wildman–Crippen LogP) is 3.75. The monoisotopic (exact) mass is 454 g/mol. The molecule has 1 saturated carbocycles. The van der Waals surface area contributed by atoms with Crippen LogP contribution in [0.5, 0.6) is 11.5 Å². The van der Waals surface area contributed by atoms with Crippen molar-refractivity contribution in [2.45, 2.75) is 44.9 Å². The van der Waals surface area contributed by atoms with Gasteiger partial charge in [-0.05, 0) is 74.8 Å². The fraction of sp³-hybridized carbons (Fsp3) is 0.440. The first kappa shape index (κ1) is 22.9. The zero-order valence-electron chi connectivity index (χ0n) is 19.2. The molecule has 0 radical (unpaired) electrons. The fourth-order valence-corrected chi connectivity index (χ4v) is 5.17. The Balaban J connectivity index is 1.45. The second-order valence-electron chi connectivity index (χ2n) is 8.72. The lowest BCUT2D eigenvalue weighted by atomic mass is 9.88. The van der Waals surface area contributed by atoms with Crippen LogP contribution in [0.4, 0.5) is 5.69 Å². The van der Waals surface area contributed by atoms with Gasteiger partial charge in [-0.2, -0.15) is 5.48 Å². The van der Waals surface area contributed by atoms with Crippen LogP contribution in [0, 0.1) is 6.92 Å². The van der Waals surface area contributed by atoms with Gasteiger partial charge in [-0.3, -0.25) is 4.79 Å². The van der Waals surface area contributed by atoms with Gasteiger partial charge in [0.2, 0.25) is 0 Å². The number of nitrogens with zero attached hydrogens (tertiary/aromatic N) is 1. The molecule has 4 rings (SSSR count). The highest BCUT2D eigenvalue weighted by Gasteiger charge is 2.42. The summed E-state index contributed by atoms with van der Waals surface area (Å²) in [5.74, 6) is -1.29. The summed E-state index contributed by atoms with van der Waals surface area (Å²) in [4.78, 5) is 32.4. The topological polar surface area (TPSA) is 108 Å². The molecule has 33 heavy (non-hydrogen) atoms. The summed E-state index contributed by atoms with van der Waals surface area (Å²) >= 11 is 0. The van der Waals surface area contributed by atoms with Crippen molar-refractivity contribution in [2.75, 3.05) is 31.7 Å². The van der Waals surface area contributed by atoms with Gasteiger partial charge in [0.05, 0.1) is 6.61 Å². The van der Waals surface area contributed by atoms with Crippen molar-refractivity contribution in [1.29, 1.82) is 0 Å². The number of likely N-dealkylation sites (N-methyl/N-ethyl adjacent to an activating group) is 1. The number of aromatic hydroxyl groups is 2. The maximum Gasteiger partial charge on any atom is 0.366 e. The standard InChI is InChI=1S/C25H30N2O6/c1-4-27(9-10-32-3)17-7-8-18(14(2)11-17)24(30)26-33-25(31)19-13-20(28)21-15-5-6-16(12-15)22(21)23(19)29/h7-8,11,13,15-16,28-29H,4-6,9-10,12H2,1-3H3,(H,26,30)/t15-,16-/m0/s1. The Labute approximate surface area is 193 Å². The highest BCUT2D eigenvalue weighted by molar-refractivity contribution is 5.98. The molecule has 8 heteroatoms. The Morgan fingerprint density at radius 1 is 1.12 bits per heavy atom. The van der Waals surface area contributed by atoms with Gasteiger partial charge in [-0.15, -0.1) is 0 Å². The number of carbonyl (C=O) groups excluding carboxylic acids is 2. The fourth-order valence-electron chi connectivity index (χ4n) is 5.17. The molecule has 0 saturated heterocycles. The number of aryl methyl sites for hydroxylation is 1. The lowest BCUT2D eigenvalue weighted by Gasteiger charge is -2.23. The SMILES string of the molecule is CCN(CCOC)c1ccc(C(=O)NOC(=O)c2cc(O)c3c(c2O)[C@H]2CC[C@H]3C2)c(C)c1. The lowest BCUT2D eigenvalue weighted by molar-refractivity contribution is 0.0226. The van der Waals surface area contributed by atoms with Crippen molar-refractivity contribution < 1.29 is 29.4 Å². The first-order chi connectivity index (χ1) is 15.8. The Morgan fingerprint density at radius 2 is 1.85 bits per heavy atom. The molecule has 0 aliphatic heterocycles. The molecule has 2 aromatic rings. The first-order valence-electron chi connectivity index (χ1n) is 11.3. The number of methoxy groups -OCH3 is 1. The Hall–Kier alpha value is -3.26. The van der Waals surface area contributed by atoms with Crippen LogP contribution in [0.2, 0.25) is 0 Å². The summed E-state index contributed by atoms with van der Waals surface area (Å²) in [6, 6.07) is 6.64. The van der Waals surface area contributed by atoms with Gasteiger partial charge in [0.25, 0.3) is 5.91 Å². The van der Waals surface area contributed by atoms with Gasteiger partial charge in [-0.25, -0.2) is 4.79 Å². The number of phenols is 2. The molecule has 0 aromatic heterocycles. The van der Waals surface area contributed by atoms with Crippen molar-refractivity contribution in [3.63, 3.8) is 0 Å². The number of benzene rings is 2. The van der Waals surface area contributed by atoms with E-state index in [4.69, 9.17) is 9.57 Å². The number of ether oxygens (including phenoxy) is 1. The number of rotatable bonds is 7. The third-order valence-corrected chi connectivity index (χ3v) is 6.83. The summed E-state index contributed by atoms with van der Waals surface area (Å²) in [5.41, 5.74) is 5.47. The van der Waals surface area contributed by atoms with Gasteiger partial charge >= 0.3 is 5.97 Å². The second kappa shape index (κ2) is 9.31. The van der Waals surface area contributed by atoms with Crippen molar-refractivity contribution >= 4 is 17.6 Å². The summed E-state index contributed by atoms with van der Waals surface area (Å²) in [7, 11) is 1.65. The van der Waals surface area contributed by atoms with Gasteiger partial charge in [-0.1, -0.05) is 0 Å². The zero-order valence-corrected chi connectivity index (χ0v) is 19.2. The minimum Gasteiger partial charge on any atom is -0.508 e. The summed E-state index contributed by atoms with van der Waals surface area (Å²) < 4.78 is 5.15. The molecule has 8 nitrogen and oxygen atoms in total. The average Bonchev–Trinajstić information content (AvgIpc) is 3.43. The van der Waals surface area contributed by atoms with E-state index in [1.54, 1.807) is 13.2 Å². The third kappa shape index (κ3) is 4.23. The normalized spacial score (nSPS) is 18.2. The van der Waals surface area contributed by atoms with Gasteiger partial charge < -0.3 is 24.7 Å². The molecule has 2 bridgehead atoms.